The molecule has 3 aromatic heterocycles. The number of alkyl halides is 3. The van der Waals surface area contributed by atoms with Crippen molar-refractivity contribution in [2.24, 2.45) is 0 Å². The number of H-pyrrole nitrogens is 1. The van der Waals surface area contributed by atoms with Crippen molar-refractivity contribution < 1.29 is 13.2 Å². The molecule has 0 atom stereocenters. The Bertz CT molecular complexity index is 1100. The van der Waals surface area contributed by atoms with Crippen LogP contribution < -0.4 is 0 Å². The van der Waals surface area contributed by atoms with Crippen LogP contribution in [0.15, 0.2) is 48.8 Å². The Morgan fingerprint density at radius 2 is 1.74 bits per heavy atom. The second-order valence-corrected chi connectivity index (χ2v) is 6.51. The first-order valence-electron chi connectivity index (χ1n) is 7.67. The molecule has 136 valence electrons. The maximum Gasteiger partial charge on any atom is 0.418 e. The minimum absolute atomic E-state index is 0.174. The van der Waals surface area contributed by atoms with E-state index in [0.29, 0.717) is 32.6 Å². The zero-order chi connectivity index (χ0) is 19.2. The van der Waals surface area contributed by atoms with Gasteiger partial charge in [0.05, 0.1) is 32.3 Å². The van der Waals surface area contributed by atoms with Gasteiger partial charge in [0.25, 0.3) is 0 Å². The van der Waals surface area contributed by atoms with Gasteiger partial charge in [0.15, 0.2) is 5.82 Å². The topological polar surface area (TPSA) is 54.5 Å². The van der Waals surface area contributed by atoms with E-state index in [4.69, 9.17) is 23.2 Å². The van der Waals surface area contributed by atoms with Gasteiger partial charge in [0.2, 0.25) is 0 Å². The van der Waals surface area contributed by atoms with E-state index >= 15 is 0 Å². The number of halogens is 5. The van der Waals surface area contributed by atoms with Crippen LogP contribution in [0.25, 0.3) is 33.8 Å². The summed E-state index contributed by atoms with van der Waals surface area (Å²) in [7, 11) is 0. The summed E-state index contributed by atoms with van der Waals surface area (Å²) in [4.78, 5) is 15.5. The molecule has 4 rings (SSSR count). The molecule has 0 fully saturated rings. The van der Waals surface area contributed by atoms with Crippen molar-refractivity contribution in [2.45, 2.75) is 6.18 Å². The average molecular weight is 409 g/mol. The number of nitrogens with zero attached hydrogens (tertiary/aromatic N) is 3. The number of imidazole rings is 1. The number of benzene rings is 1. The van der Waals surface area contributed by atoms with Gasteiger partial charge in [-0.15, -0.1) is 0 Å². The molecule has 0 spiro atoms. The van der Waals surface area contributed by atoms with Crippen LogP contribution in [0.2, 0.25) is 10.0 Å². The van der Waals surface area contributed by atoms with Crippen LogP contribution in [0, 0.1) is 0 Å². The third-order valence-electron chi connectivity index (χ3n) is 3.92. The summed E-state index contributed by atoms with van der Waals surface area (Å²) in [5.41, 5.74) is 1.02. The number of rotatable bonds is 2. The Hall–Kier alpha value is -2.64. The Morgan fingerprint density at radius 1 is 0.963 bits per heavy atom. The first-order valence-corrected chi connectivity index (χ1v) is 8.42. The third-order valence-corrected chi connectivity index (χ3v) is 4.64. The van der Waals surface area contributed by atoms with Gasteiger partial charge in [-0.2, -0.15) is 13.2 Å². The molecule has 0 bridgehead atoms. The molecular formula is C18H9Cl2F3N4. The molecule has 0 saturated carbocycles. The highest BCUT2D eigenvalue weighted by Crippen LogP contribution is 2.36. The predicted molar refractivity (Wildman–Crippen MR) is 97.6 cm³/mol. The Labute approximate surface area is 161 Å². The van der Waals surface area contributed by atoms with Crippen LogP contribution in [0.5, 0.6) is 0 Å². The van der Waals surface area contributed by atoms with Crippen LogP contribution in [-0.4, -0.2) is 19.9 Å². The molecule has 3 heterocycles. The molecule has 0 aliphatic heterocycles. The van der Waals surface area contributed by atoms with Crippen molar-refractivity contribution >= 4 is 34.2 Å². The molecule has 1 N–H and O–H groups in total. The standard InChI is InChI=1S/C18H9Cl2F3N4/c19-11-6-14-15(7-12(11)20)27-17(26-14)13-4-3-9(8-25-13)16-10(18(21,22)23)2-1-5-24-16/h1-8H,(H,26,27). The molecular weight excluding hydrogens is 400 g/mol. The SMILES string of the molecule is FC(F)(F)c1cccnc1-c1ccc(-c2nc3cc(Cl)c(Cl)cc3[nH]2)nc1. The van der Waals surface area contributed by atoms with Crippen LogP contribution in [-0.2, 0) is 6.18 Å². The quantitative estimate of drug-likeness (QED) is 0.441. The summed E-state index contributed by atoms with van der Waals surface area (Å²) in [6.07, 6.45) is -1.86. The Balaban J connectivity index is 1.74. The highest BCUT2D eigenvalue weighted by Gasteiger charge is 2.34. The van der Waals surface area contributed by atoms with E-state index in [2.05, 4.69) is 19.9 Å². The van der Waals surface area contributed by atoms with E-state index in [0.717, 1.165) is 6.07 Å². The minimum atomic E-state index is -4.50. The average Bonchev–Trinajstić information content (AvgIpc) is 3.04. The molecule has 0 saturated heterocycles. The number of nitrogens with one attached hydrogen (secondary N) is 1. The van der Waals surface area contributed by atoms with Gasteiger partial charge in [-0.25, -0.2) is 4.98 Å². The third kappa shape index (κ3) is 3.36. The number of pyridine rings is 2. The van der Waals surface area contributed by atoms with Gasteiger partial charge in [-0.05, 0) is 36.4 Å². The molecule has 27 heavy (non-hydrogen) atoms. The molecule has 0 radical (unpaired) electrons. The van der Waals surface area contributed by atoms with Crippen molar-refractivity contribution in [3.05, 3.63) is 64.4 Å². The second kappa shape index (κ2) is 6.51. The molecule has 0 aliphatic rings. The summed E-state index contributed by atoms with van der Waals surface area (Å²) < 4.78 is 39.5. The van der Waals surface area contributed by atoms with Gasteiger partial charge in [0, 0.05) is 18.0 Å². The van der Waals surface area contributed by atoms with E-state index < -0.39 is 11.7 Å². The molecule has 4 nitrogen and oxygen atoms in total. The fourth-order valence-electron chi connectivity index (χ4n) is 2.66. The smallest absolute Gasteiger partial charge is 0.337 e. The molecule has 9 heteroatoms. The Morgan fingerprint density at radius 3 is 2.44 bits per heavy atom. The van der Waals surface area contributed by atoms with Crippen LogP contribution in [0.1, 0.15) is 5.56 Å². The zero-order valence-electron chi connectivity index (χ0n) is 13.4. The van der Waals surface area contributed by atoms with Crippen LogP contribution in [0.3, 0.4) is 0 Å². The molecule has 0 unspecified atom stereocenters. The number of hydrogen-bond acceptors (Lipinski definition) is 3. The summed E-state index contributed by atoms with van der Waals surface area (Å²) in [5.74, 6) is 0.451. The summed E-state index contributed by atoms with van der Waals surface area (Å²) in [5, 5.41) is 0.762. The summed E-state index contributed by atoms with van der Waals surface area (Å²) >= 11 is 12.0. The molecule has 1 aromatic carbocycles. The maximum absolute atomic E-state index is 13.2. The van der Waals surface area contributed by atoms with Crippen molar-refractivity contribution in [1.82, 2.24) is 19.9 Å². The zero-order valence-corrected chi connectivity index (χ0v) is 14.9. The fourth-order valence-corrected chi connectivity index (χ4v) is 2.99. The minimum Gasteiger partial charge on any atom is -0.337 e. The summed E-state index contributed by atoms with van der Waals surface area (Å²) in [6, 6.07) is 8.60. The van der Waals surface area contributed by atoms with E-state index in [-0.39, 0.29) is 11.3 Å². The van der Waals surface area contributed by atoms with Gasteiger partial charge in [0.1, 0.15) is 5.69 Å². The molecule has 0 aliphatic carbocycles. The van der Waals surface area contributed by atoms with Gasteiger partial charge in [-0.1, -0.05) is 23.2 Å². The van der Waals surface area contributed by atoms with Gasteiger partial charge in [-0.3, -0.25) is 9.97 Å². The second-order valence-electron chi connectivity index (χ2n) is 5.70. The lowest BCUT2D eigenvalue weighted by Crippen LogP contribution is -2.08. The lowest BCUT2D eigenvalue weighted by molar-refractivity contribution is -0.137. The lowest BCUT2D eigenvalue weighted by Gasteiger charge is -2.11. The number of aromatic nitrogens is 4. The fraction of sp³-hybridized carbons (Fsp3) is 0.0556. The van der Waals surface area contributed by atoms with Crippen LogP contribution >= 0.6 is 23.2 Å². The van der Waals surface area contributed by atoms with Crippen molar-refractivity contribution in [3.63, 3.8) is 0 Å². The number of hydrogen-bond donors (Lipinski definition) is 1. The molecule has 0 amide bonds. The first-order chi connectivity index (χ1) is 12.8. The van der Waals surface area contributed by atoms with Crippen LogP contribution in [0.4, 0.5) is 13.2 Å². The van der Waals surface area contributed by atoms with Gasteiger partial charge < -0.3 is 4.98 Å². The molecule has 4 aromatic rings. The lowest BCUT2D eigenvalue weighted by atomic mass is 10.1. The van der Waals surface area contributed by atoms with E-state index in [1.54, 1.807) is 18.2 Å². The van der Waals surface area contributed by atoms with Crippen molar-refractivity contribution in [2.75, 3.05) is 0 Å². The summed E-state index contributed by atoms with van der Waals surface area (Å²) in [6.45, 7) is 0. The highest BCUT2D eigenvalue weighted by molar-refractivity contribution is 6.42. The monoisotopic (exact) mass is 408 g/mol. The van der Waals surface area contributed by atoms with E-state index in [9.17, 15) is 13.2 Å². The number of aromatic amines is 1. The Kier molecular flexibility index (Phi) is 4.28. The van der Waals surface area contributed by atoms with E-state index in [1.807, 2.05) is 0 Å². The predicted octanol–water partition coefficient (Wildman–Crippen LogP) is 6.01. The maximum atomic E-state index is 13.2. The largest absolute Gasteiger partial charge is 0.418 e. The van der Waals surface area contributed by atoms with Crippen molar-refractivity contribution in [1.29, 1.82) is 0 Å². The van der Waals surface area contributed by atoms with Crippen molar-refractivity contribution in [3.8, 4) is 22.8 Å². The normalized spacial score (nSPS) is 11.9. The highest BCUT2D eigenvalue weighted by atomic mass is 35.5. The van der Waals surface area contributed by atoms with E-state index in [1.165, 1.54) is 24.5 Å². The first kappa shape index (κ1) is 17.8. The van der Waals surface area contributed by atoms with Gasteiger partial charge >= 0.3 is 6.18 Å². The number of fused-ring (bicyclic) bond motifs is 1.